The zero-order valence-corrected chi connectivity index (χ0v) is 19.2. The zero-order chi connectivity index (χ0) is 22.2. The van der Waals surface area contributed by atoms with E-state index in [2.05, 4.69) is 72.0 Å². The number of carbonyl (C=O) groups excluding carboxylic acids is 1. The Morgan fingerprint density at radius 2 is 1.84 bits per heavy atom. The second-order valence-corrected chi connectivity index (χ2v) is 9.34. The van der Waals surface area contributed by atoms with Crippen LogP contribution in [0.1, 0.15) is 36.0 Å². The first-order valence-corrected chi connectivity index (χ1v) is 11.7. The van der Waals surface area contributed by atoms with Crippen molar-refractivity contribution in [3.63, 3.8) is 0 Å². The molecule has 1 N–H and O–H groups in total. The minimum Gasteiger partial charge on any atom is -0.379 e. The summed E-state index contributed by atoms with van der Waals surface area (Å²) in [7, 11) is 0. The molecule has 32 heavy (non-hydrogen) atoms. The minimum atomic E-state index is 0.0631. The number of anilines is 1. The highest BCUT2D eigenvalue weighted by Gasteiger charge is 2.30. The number of ether oxygens (including phenoxy) is 1. The van der Waals surface area contributed by atoms with Gasteiger partial charge in [0.2, 0.25) is 11.9 Å². The van der Waals surface area contributed by atoms with Gasteiger partial charge in [-0.2, -0.15) is 0 Å². The molecule has 3 heterocycles. The van der Waals surface area contributed by atoms with Crippen LogP contribution in [-0.2, 0) is 9.53 Å². The van der Waals surface area contributed by atoms with Crippen molar-refractivity contribution in [1.29, 1.82) is 0 Å². The fourth-order valence-electron chi connectivity index (χ4n) is 4.86. The summed E-state index contributed by atoms with van der Waals surface area (Å²) in [6.45, 7) is 9.46. The van der Waals surface area contributed by atoms with E-state index >= 15 is 0 Å². The number of hydrogen-bond donors (Lipinski definition) is 1. The second-order valence-electron chi connectivity index (χ2n) is 9.34. The molecule has 5 rings (SSSR count). The van der Waals surface area contributed by atoms with E-state index in [-0.39, 0.29) is 17.9 Å². The van der Waals surface area contributed by atoms with Crippen LogP contribution < -0.4 is 10.2 Å². The number of carbonyl (C=O) groups is 1. The molecule has 1 amide bonds. The van der Waals surface area contributed by atoms with Gasteiger partial charge in [0.15, 0.2) is 0 Å². The number of imidazole rings is 1. The number of rotatable bonds is 4. The molecule has 3 aromatic rings. The summed E-state index contributed by atoms with van der Waals surface area (Å²) in [4.78, 5) is 20.1. The van der Waals surface area contributed by atoms with Crippen LogP contribution in [0.2, 0.25) is 0 Å². The SMILES string of the molecule is Cc1cccc(-n2c(N3CCC(C(=O)NC4CCOC4)CC3)nc3cc(C)c(C)cc32)c1. The molecule has 0 saturated carbocycles. The fraction of sp³-hybridized carbons (Fsp3) is 0.462. The molecule has 2 aliphatic heterocycles. The summed E-state index contributed by atoms with van der Waals surface area (Å²) in [5, 5.41) is 3.18. The van der Waals surface area contributed by atoms with Crippen molar-refractivity contribution in [2.45, 2.75) is 46.1 Å². The maximum Gasteiger partial charge on any atom is 0.223 e. The predicted molar refractivity (Wildman–Crippen MR) is 128 cm³/mol. The molecule has 2 saturated heterocycles. The van der Waals surface area contributed by atoms with Crippen LogP contribution in [0.5, 0.6) is 0 Å². The molecule has 1 unspecified atom stereocenters. The number of benzene rings is 2. The number of piperidine rings is 1. The van der Waals surface area contributed by atoms with E-state index in [1.807, 2.05) is 0 Å². The lowest BCUT2D eigenvalue weighted by Gasteiger charge is -2.33. The lowest BCUT2D eigenvalue weighted by atomic mass is 9.95. The van der Waals surface area contributed by atoms with Crippen molar-refractivity contribution in [2.75, 3.05) is 31.2 Å². The van der Waals surface area contributed by atoms with Crippen molar-refractivity contribution in [2.24, 2.45) is 5.92 Å². The number of fused-ring (bicyclic) bond motifs is 1. The van der Waals surface area contributed by atoms with Gasteiger partial charge in [-0.05, 0) is 81.0 Å². The largest absolute Gasteiger partial charge is 0.379 e. The molecule has 0 spiro atoms. The number of aromatic nitrogens is 2. The monoisotopic (exact) mass is 432 g/mol. The summed E-state index contributed by atoms with van der Waals surface area (Å²) >= 11 is 0. The highest BCUT2D eigenvalue weighted by Crippen LogP contribution is 2.32. The maximum atomic E-state index is 12.7. The Hall–Kier alpha value is -2.86. The third kappa shape index (κ3) is 3.99. The van der Waals surface area contributed by atoms with Crippen LogP contribution in [-0.4, -0.2) is 47.8 Å². The first-order chi connectivity index (χ1) is 15.5. The molecule has 1 aromatic heterocycles. The summed E-state index contributed by atoms with van der Waals surface area (Å²) in [5.41, 5.74) is 7.03. The normalized spacial score (nSPS) is 19.6. The molecule has 0 radical (unpaired) electrons. The van der Waals surface area contributed by atoms with Crippen LogP contribution in [0.15, 0.2) is 36.4 Å². The van der Waals surface area contributed by atoms with Crippen LogP contribution >= 0.6 is 0 Å². The fourth-order valence-corrected chi connectivity index (χ4v) is 4.86. The quantitative estimate of drug-likeness (QED) is 0.675. The zero-order valence-electron chi connectivity index (χ0n) is 19.2. The van der Waals surface area contributed by atoms with Gasteiger partial charge in [0, 0.05) is 31.3 Å². The van der Waals surface area contributed by atoms with Crippen LogP contribution in [0.3, 0.4) is 0 Å². The van der Waals surface area contributed by atoms with E-state index in [1.165, 1.54) is 16.7 Å². The molecule has 0 bridgehead atoms. The highest BCUT2D eigenvalue weighted by atomic mass is 16.5. The standard InChI is InChI=1S/C26H32N4O2/c1-17-5-4-6-22(13-17)30-24-15-19(3)18(2)14-23(24)28-26(30)29-10-7-20(8-11-29)25(31)27-21-9-12-32-16-21/h4-6,13-15,20-21H,7-12,16H2,1-3H3,(H,27,31). The number of hydrogen-bond acceptors (Lipinski definition) is 4. The number of nitrogens with zero attached hydrogens (tertiary/aromatic N) is 3. The molecule has 2 aliphatic rings. The van der Waals surface area contributed by atoms with Gasteiger partial charge < -0.3 is 15.0 Å². The van der Waals surface area contributed by atoms with Crippen molar-refractivity contribution < 1.29 is 9.53 Å². The summed E-state index contributed by atoms with van der Waals surface area (Å²) < 4.78 is 7.68. The molecule has 6 nitrogen and oxygen atoms in total. The number of amides is 1. The Labute approximate surface area is 189 Å². The molecule has 168 valence electrons. The van der Waals surface area contributed by atoms with E-state index in [0.717, 1.165) is 61.6 Å². The van der Waals surface area contributed by atoms with E-state index in [0.29, 0.717) is 6.61 Å². The smallest absolute Gasteiger partial charge is 0.223 e. The summed E-state index contributed by atoms with van der Waals surface area (Å²) in [6, 6.07) is 13.2. The van der Waals surface area contributed by atoms with Crippen LogP contribution in [0, 0.1) is 26.7 Å². The minimum absolute atomic E-state index is 0.0631. The molecule has 2 aromatic carbocycles. The van der Waals surface area contributed by atoms with Gasteiger partial charge in [-0.25, -0.2) is 4.98 Å². The van der Waals surface area contributed by atoms with E-state index < -0.39 is 0 Å². The van der Waals surface area contributed by atoms with Gasteiger partial charge in [-0.15, -0.1) is 0 Å². The van der Waals surface area contributed by atoms with Crippen LogP contribution in [0.25, 0.3) is 16.7 Å². The van der Waals surface area contributed by atoms with Gasteiger partial charge in [-0.1, -0.05) is 12.1 Å². The number of nitrogens with one attached hydrogen (secondary N) is 1. The predicted octanol–water partition coefficient (Wildman–Crippen LogP) is 4.07. The van der Waals surface area contributed by atoms with E-state index in [9.17, 15) is 4.79 Å². The van der Waals surface area contributed by atoms with Crippen molar-refractivity contribution in [1.82, 2.24) is 14.9 Å². The van der Waals surface area contributed by atoms with Gasteiger partial charge in [0.05, 0.1) is 23.7 Å². The Kier molecular flexibility index (Phi) is 5.64. The van der Waals surface area contributed by atoms with E-state index in [4.69, 9.17) is 9.72 Å². The molecular weight excluding hydrogens is 400 g/mol. The average Bonchev–Trinajstić information content (AvgIpc) is 3.42. The van der Waals surface area contributed by atoms with Crippen LogP contribution in [0.4, 0.5) is 5.95 Å². The van der Waals surface area contributed by atoms with Crippen molar-refractivity contribution in [3.8, 4) is 5.69 Å². The van der Waals surface area contributed by atoms with Gasteiger partial charge in [0.25, 0.3) is 0 Å². The highest BCUT2D eigenvalue weighted by molar-refractivity contribution is 5.83. The van der Waals surface area contributed by atoms with Gasteiger partial charge >= 0.3 is 0 Å². The summed E-state index contributed by atoms with van der Waals surface area (Å²) in [5.74, 6) is 1.21. The average molecular weight is 433 g/mol. The molecular formula is C26H32N4O2. The van der Waals surface area contributed by atoms with Crippen molar-refractivity contribution in [3.05, 3.63) is 53.1 Å². The number of aryl methyl sites for hydroxylation is 3. The molecule has 2 fully saturated rings. The Balaban J connectivity index is 1.43. The third-order valence-corrected chi connectivity index (χ3v) is 6.94. The molecule has 0 aliphatic carbocycles. The second kappa shape index (κ2) is 8.58. The van der Waals surface area contributed by atoms with Gasteiger partial charge in [0.1, 0.15) is 0 Å². The van der Waals surface area contributed by atoms with Crippen molar-refractivity contribution >= 4 is 22.9 Å². The topological polar surface area (TPSA) is 59.4 Å². The molecule has 1 atom stereocenters. The first kappa shape index (κ1) is 21.0. The Bertz CT molecular complexity index is 1140. The lowest BCUT2D eigenvalue weighted by Crippen LogP contribution is -2.44. The third-order valence-electron chi connectivity index (χ3n) is 6.94. The molecule has 6 heteroatoms. The first-order valence-electron chi connectivity index (χ1n) is 11.7. The lowest BCUT2D eigenvalue weighted by molar-refractivity contribution is -0.126. The van der Waals surface area contributed by atoms with E-state index in [1.54, 1.807) is 0 Å². The summed E-state index contributed by atoms with van der Waals surface area (Å²) in [6.07, 6.45) is 2.60. The Morgan fingerprint density at radius 1 is 1.06 bits per heavy atom. The maximum absolute atomic E-state index is 12.7. The van der Waals surface area contributed by atoms with Gasteiger partial charge in [-0.3, -0.25) is 9.36 Å². The Morgan fingerprint density at radius 3 is 2.56 bits per heavy atom.